The molecule has 0 spiro atoms. The fourth-order valence-corrected chi connectivity index (χ4v) is 2.69. The van der Waals surface area contributed by atoms with Crippen molar-refractivity contribution >= 4 is 10.8 Å². The highest BCUT2D eigenvalue weighted by molar-refractivity contribution is 5.86. The Morgan fingerprint density at radius 2 is 1.94 bits per heavy atom. The molecule has 3 rings (SSSR count). The molecule has 16 heavy (non-hydrogen) atoms. The summed E-state index contributed by atoms with van der Waals surface area (Å²) >= 11 is 0. The minimum atomic E-state index is 0.776. The van der Waals surface area contributed by atoms with Crippen LogP contribution in [0.15, 0.2) is 42.5 Å². The van der Waals surface area contributed by atoms with Gasteiger partial charge in [0.05, 0.1) is 0 Å². The zero-order chi connectivity index (χ0) is 11.0. The molecule has 82 valence electrons. The van der Waals surface area contributed by atoms with Crippen molar-refractivity contribution in [1.29, 1.82) is 0 Å². The molecule has 0 saturated heterocycles. The van der Waals surface area contributed by atoms with E-state index in [1.807, 2.05) is 7.05 Å². The Bertz CT molecular complexity index is 498. The molecule has 1 saturated carbocycles. The molecule has 1 aliphatic carbocycles. The van der Waals surface area contributed by atoms with Gasteiger partial charge in [-0.1, -0.05) is 42.5 Å². The van der Waals surface area contributed by atoms with Gasteiger partial charge in [-0.25, -0.2) is 0 Å². The van der Waals surface area contributed by atoms with E-state index in [1.165, 1.54) is 17.2 Å². The third kappa shape index (κ3) is 1.61. The quantitative estimate of drug-likeness (QED) is 0.822. The molecule has 2 aromatic carbocycles. The molecule has 1 heteroatoms. The Hall–Kier alpha value is -1.34. The van der Waals surface area contributed by atoms with Gasteiger partial charge < -0.3 is 5.32 Å². The number of hydrogen-bond donors (Lipinski definition) is 1. The highest BCUT2D eigenvalue weighted by atomic mass is 14.8. The molecule has 1 N–H and O–H groups in total. The zero-order valence-electron chi connectivity index (χ0n) is 9.61. The first-order chi connectivity index (χ1) is 7.90. The maximum absolute atomic E-state index is 3.28. The van der Waals surface area contributed by atoms with Crippen molar-refractivity contribution in [3.8, 4) is 0 Å². The van der Waals surface area contributed by atoms with Gasteiger partial charge in [-0.2, -0.15) is 0 Å². The summed E-state index contributed by atoms with van der Waals surface area (Å²) in [7, 11) is 2.04. The number of nitrogens with one attached hydrogen (secondary N) is 1. The largest absolute Gasteiger partial charge is 0.319 e. The van der Waals surface area contributed by atoms with Crippen molar-refractivity contribution in [2.45, 2.75) is 12.3 Å². The summed E-state index contributed by atoms with van der Waals surface area (Å²) in [5.41, 5.74) is 1.54. The standard InChI is InChI=1S/C15H17N/c1-16-10-12-9-15(12)14-8-4-6-11-5-2-3-7-13(11)14/h2-8,12,15-16H,9-10H2,1H3. The Balaban J connectivity index is 1.99. The van der Waals surface area contributed by atoms with Crippen molar-refractivity contribution in [2.75, 3.05) is 13.6 Å². The maximum atomic E-state index is 3.28. The van der Waals surface area contributed by atoms with Crippen LogP contribution in [0.25, 0.3) is 10.8 Å². The molecular weight excluding hydrogens is 194 g/mol. The normalized spacial score (nSPS) is 23.6. The summed E-state index contributed by atoms with van der Waals surface area (Å²) < 4.78 is 0. The number of fused-ring (bicyclic) bond motifs is 1. The van der Waals surface area contributed by atoms with Crippen molar-refractivity contribution in [1.82, 2.24) is 5.32 Å². The lowest BCUT2D eigenvalue weighted by Gasteiger charge is -2.05. The lowest BCUT2D eigenvalue weighted by atomic mass is 10.0. The Morgan fingerprint density at radius 3 is 2.81 bits per heavy atom. The van der Waals surface area contributed by atoms with Gasteiger partial charge in [-0.05, 0) is 48.2 Å². The molecule has 1 nitrogen and oxygen atoms in total. The molecular formula is C15H17N. The topological polar surface area (TPSA) is 12.0 Å². The van der Waals surface area contributed by atoms with E-state index in [0.717, 1.165) is 18.4 Å². The van der Waals surface area contributed by atoms with E-state index >= 15 is 0 Å². The van der Waals surface area contributed by atoms with Crippen molar-refractivity contribution in [2.24, 2.45) is 5.92 Å². The SMILES string of the molecule is CNCC1CC1c1cccc2ccccc12. The summed E-state index contributed by atoms with van der Waals surface area (Å²) in [4.78, 5) is 0. The van der Waals surface area contributed by atoms with Gasteiger partial charge in [0, 0.05) is 0 Å². The third-order valence-corrected chi connectivity index (χ3v) is 3.61. The van der Waals surface area contributed by atoms with Crippen LogP contribution in [-0.4, -0.2) is 13.6 Å². The first kappa shape index (κ1) is 9.86. The lowest BCUT2D eigenvalue weighted by molar-refractivity contribution is 0.699. The summed E-state index contributed by atoms with van der Waals surface area (Å²) in [5, 5.41) is 6.09. The Labute approximate surface area is 96.5 Å². The van der Waals surface area contributed by atoms with Crippen LogP contribution in [0.4, 0.5) is 0 Å². The number of hydrogen-bond acceptors (Lipinski definition) is 1. The van der Waals surface area contributed by atoms with Gasteiger partial charge in [-0.3, -0.25) is 0 Å². The average molecular weight is 211 g/mol. The molecule has 2 aromatic rings. The minimum absolute atomic E-state index is 0.776. The van der Waals surface area contributed by atoms with Gasteiger partial charge in [0.15, 0.2) is 0 Å². The van der Waals surface area contributed by atoms with Crippen LogP contribution in [0, 0.1) is 5.92 Å². The highest BCUT2D eigenvalue weighted by Gasteiger charge is 2.38. The molecule has 0 heterocycles. The summed E-state index contributed by atoms with van der Waals surface area (Å²) in [6.07, 6.45) is 1.34. The Morgan fingerprint density at radius 1 is 1.12 bits per heavy atom. The second kappa shape index (κ2) is 3.91. The molecule has 2 unspecified atom stereocenters. The molecule has 0 amide bonds. The first-order valence-electron chi connectivity index (χ1n) is 6.02. The fraction of sp³-hybridized carbons (Fsp3) is 0.333. The molecule has 0 aliphatic heterocycles. The van der Waals surface area contributed by atoms with Gasteiger partial charge in [0.2, 0.25) is 0 Å². The van der Waals surface area contributed by atoms with Crippen molar-refractivity contribution in [3.05, 3.63) is 48.0 Å². The predicted molar refractivity (Wildman–Crippen MR) is 68.7 cm³/mol. The van der Waals surface area contributed by atoms with Crippen molar-refractivity contribution < 1.29 is 0 Å². The number of benzene rings is 2. The molecule has 1 fully saturated rings. The van der Waals surface area contributed by atoms with E-state index in [0.29, 0.717) is 0 Å². The number of rotatable bonds is 3. The summed E-state index contributed by atoms with van der Waals surface area (Å²) in [6.45, 7) is 1.15. The molecule has 1 aliphatic rings. The second-order valence-electron chi connectivity index (χ2n) is 4.73. The zero-order valence-corrected chi connectivity index (χ0v) is 9.61. The van der Waals surface area contributed by atoms with E-state index in [-0.39, 0.29) is 0 Å². The highest BCUT2D eigenvalue weighted by Crippen LogP contribution is 2.48. The minimum Gasteiger partial charge on any atom is -0.319 e. The van der Waals surface area contributed by atoms with Crippen molar-refractivity contribution in [3.63, 3.8) is 0 Å². The fourth-order valence-electron chi connectivity index (χ4n) is 2.69. The second-order valence-corrected chi connectivity index (χ2v) is 4.73. The summed E-state index contributed by atoms with van der Waals surface area (Å²) in [6, 6.07) is 15.4. The first-order valence-corrected chi connectivity index (χ1v) is 6.02. The van der Waals surface area contributed by atoms with Crippen LogP contribution in [-0.2, 0) is 0 Å². The molecule has 2 atom stereocenters. The average Bonchev–Trinajstić information content (AvgIpc) is 3.08. The lowest BCUT2D eigenvalue weighted by Crippen LogP contribution is -2.10. The Kier molecular flexibility index (Phi) is 2.41. The third-order valence-electron chi connectivity index (χ3n) is 3.61. The van der Waals surface area contributed by atoms with Gasteiger partial charge >= 0.3 is 0 Å². The van der Waals surface area contributed by atoms with Gasteiger partial charge in [-0.15, -0.1) is 0 Å². The van der Waals surface area contributed by atoms with Crippen LogP contribution < -0.4 is 5.32 Å². The van der Waals surface area contributed by atoms with Gasteiger partial charge in [0.1, 0.15) is 0 Å². The van der Waals surface area contributed by atoms with Crippen LogP contribution >= 0.6 is 0 Å². The monoisotopic (exact) mass is 211 g/mol. The smallest absolute Gasteiger partial charge is 0.00174 e. The predicted octanol–water partition coefficient (Wildman–Crippen LogP) is 3.16. The molecule has 0 radical (unpaired) electrons. The van der Waals surface area contributed by atoms with E-state index in [2.05, 4.69) is 47.8 Å². The summed E-state index contributed by atoms with van der Waals surface area (Å²) in [5.74, 6) is 1.62. The maximum Gasteiger partial charge on any atom is -0.00174 e. The molecule has 0 bridgehead atoms. The van der Waals surface area contributed by atoms with Crippen LogP contribution in [0.5, 0.6) is 0 Å². The van der Waals surface area contributed by atoms with Crippen LogP contribution in [0.1, 0.15) is 17.9 Å². The van der Waals surface area contributed by atoms with E-state index in [4.69, 9.17) is 0 Å². The van der Waals surface area contributed by atoms with E-state index < -0.39 is 0 Å². The van der Waals surface area contributed by atoms with E-state index in [9.17, 15) is 0 Å². The van der Waals surface area contributed by atoms with Gasteiger partial charge in [0.25, 0.3) is 0 Å². The van der Waals surface area contributed by atoms with Crippen LogP contribution in [0.2, 0.25) is 0 Å². The van der Waals surface area contributed by atoms with Crippen LogP contribution in [0.3, 0.4) is 0 Å². The van der Waals surface area contributed by atoms with E-state index in [1.54, 1.807) is 5.56 Å². The molecule has 0 aromatic heterocycles.